The van der Waals surface area contributed by atoms with E-state index in [1.807, 2.05) is 0 Å². The molecule has 0 amide bonds. The fourth-order valence-electron chi connectivity index (χ4n) is 0.713. The van der Waals surface area contributed by atoms with Crippen molar-refractivity contribution in [3.8, 4) is 0 Å². The number of halogens is 1. The van der Waals surface area contributed by atoms with Crippen molar-refractivity contribution in [1.29, 1.82) is 0 Å². The summed E-state index contributed by atoms with van der Waals surface area (Å²) in [6.07, 6.45) is 0. The van der Waals surface area contributed by atoms with Gasteiger partial charge in [0.15, 0.2) is 0 Å². The van der Waals surface area contributed by atoms with Gasteiger partial charge in [0.05, 0.1) is 7.11 Å². The SMILES string of the molecule is COC(=O)c1nc(C)cc(Cl)n1. The molecule has 1 rings (SSSR count). The fourth-order valence-corrected chi connectivity index (χ4v) is 0.951. The highest BCUT2D eigenvalue weighted by Gasteiger charge is 2.09. The Kier molecular flexibility index (Phi) is 2.60. The Labute approximate surface area is 74.5 Å². The average Bonchev–Trinajstić information content (AvgIpc) is 2.01. The number of esters is 1. The van der Waals surface area contributed by atoms with Crippen LogP contribution >= 0.6 is 11.6 Å². The Balaban J connectivity index is 3.08. The molecule has 0 aliphatic carbocycles. The summed E-state index contributed by atoms with van der Waals surface area (Å²) >= 11 is 5.59. The number of aryl methyl sites for hydroxylation is 1. The molecule has 0 saturated carbocycles. The molecule has 0 saturated heterocycles. The zero-order chi connectivity index (χ0) is 9.14. The molecule has 12 heavy (non-hydrogen) atoms. The topological polar surface area (TPSA) is 52.1 Å². The van der Waals surface area contributed by atoms with E-state index >= 15 is 0 Å². The first-order valence-corrected chi connectivity index (χ1v) is 3.61. The van der Waals surface area contributed by atoms with Gasteiger partial charge in [-0.2, -0.15) is 0 Å². The van der Waals surface area contributed by atoms with Crippen molar-refractivity contribution in [3.05, 3.63) is 22.7 Å². The molecule has 0 fully saturated rings. The van der Waals surface area contributed by atoms with E-state index in [0.717, 1.165) is 0 Å². The van der Waals surface area contributed by atoms with Crippen LogP contribution in [0.4, 0.5) is 0 Å². The van der Waals surface area contributed by atoms with Crippen molar-refractivity contribution in [3.63, 3.8) is 0 Å². The Bertz CT molecular complexity index is 294. The predicted octanol–water partition coefficient (Wildman–Crippen LogP) is 1.23. The monoisotopic (exact) mass is 186 g/mol. The second-order valence-electron chi connectivity index (χ2n) is 2.15. The molecule has 0 bridgehead atoms. The van der Waals surface area contributed by atoms with E-state index in [0.29, 0.717) is 5.69 Å². The Hall–Kier alpha value is -1.16. The normalized spacial score (nSPS) is 9.58. The molecule has 0 unspecified atom stereocenters. The number of ether oxygens (including phenoxy) is 1. The van der Waals surface area contributed by atoms with Gasteiger partial charge in [-0.05, 0) is 13.0 Å². The number of carbonyl (C=O) groups excluding carboxylic acids is 1. The van der Waals surface area contributed by atoms with Gasteiger partial charge in [-0.1, -0.05) is 11.6 Å². The Morgan fingerprint density at radius 2 is 2.25 bits per heavy atom. The van der Waals surface area contributed by atoms with Gasteiger partial charge < -0.3 is 4.74 Å². The molecule has 0 atom stereocenters. The molecule has 1 aromatic heterocycles. The van der Waals surface area contributed by atoms with E-state index < -0.39 is 5.97 Å². The third kappa shape index (κ3) is 1.92. The third-order valence-electron chi connectivity index (χ3n) is 1.19. The molecule has 64 valence electrons. The smallest absolute Gasteiger partial charge is 0.376 e. The molecule has 0 spiro atoms. The quantitative estimate of drug-likeness (QED) is 0.489. The number of methoxy groups -OCH3 is 1. The summed E-state index contributed by atoms with van der Waals surface area (Å²) in [7, 11) is 1.27. The minimum atomic E-state index is -0.583. The van der Waals surface area contributed by atoms with Crippen LogP contribution in [0.25, 0.3) is 0 Å². The zero-order valence-corrected chi connectivity index (χ0v) is 7.42. The summed E-state index contributed by atoms with van der Waals surface area (Å²) in [6, 6.07) is 1.56. The van der Waals surface area contributed by atoms with Gasteiger partial charge in [0.25, 0.3) is 0 Å². The van der Waals surface area contributed by atoms with Gasteiger partial charge >= 0.3 is 5.97 Å². The van der Waals surface area contributed by atoms with E-state index in [-0.39, 0.29) is 11.0 Å². The molecule has 5 heteroatoms. The van der Waals surface area contributed by atoms with E-state index in [2.05, 4.69) is 14.7 Å². The highest BCUT2D eigenvalue weighted by atomic mass is 35.5. The van der Waals surface area contributed by atoms with Crippen LogP contribution in [0, 0.1) is 6.92 Å². The van der Waals surface area contributed by atoms with Crippen LogP contribution in [0.1, 0.15) is 16.3 Å². The fraction of sp³-hybridized carbons (Fsp3) is 0.286. The lowest BCUT2D eigenvalue weighted by atomic mass is 10.4. The average molecular weight is 187 g/mol. The lowest BCUT2D eigenvalue weighted by molar-refractivity contribution is 0.0586. The number of hydrogen-bond donors (Lipinski definition) is 0. The minimum Gasteiger partial charge on any atom is -0.463 e. The molecular weight excluding hydrogens is 180 g/mol. The molecule has 4 nitrogen and oxygen atoms in total. The molecule has 0 N–H and O–H groups in total. The van der Waals surface area contributed by atoms with Crippen molar-refractivity contribution >= 4 is 17.6 Å². The van der Waals surface area contributed by atoms with Crippen LogP contribution in [-0.4, -0.2) is 23.0 Å². The highest BCUT2D eigenvalue weighted by Crippen LogP contribution is 2.06. The van der Waals surface area contributed by atoms with Crippen molar-refractivity contribution < 1.29 is 9.53 Å². The summed E-state index contributed by atoms with van der Waals surface area (Å²) in [4.78, 5) is 18.4. The first-order valence-electron chi connectivity index (χ1n) is 3.23. The molecule has 1 heterocycles. The van der Waals surface area contributed by atoms with Gasteiger partial charge in [0.1, 0.15) is 5.15 Å². The van der Waals surface area contributed by atoms with E-state index in [4.69, 9.17) is 11.6 Å². The maximum Gasteiger partial charge on any atom is 0.376 e. The van der Waals surface area contributed by atoms with Crippen LogP contribution < -0.4 is 0 Å². The largest absolute Gasteiger partial charge is 0.463 e. The van der Waals surface area contributed by atoms with Crippen LogP contribution in [0.5, 0.6) is 0 Å². The summed E-state index contributed by atoms with van der Waals surface area (Å²) in [5, 5.41) is 0.239. The minimum absolute atomic E-state index is 0.0116. The molecule has 1 aromatic rings. The zero-order valence-electron chi connectivity index (χ0n) is 6.67. The standard InChI is InChI=1S/C7H7ClN2O2/c1-4-3-5(8)10-6(9-4)7(11)12-2/h3H,1-2H3. The van der Waals surface area contributed by atoms with Gasteiger partial charge in [-0.25, -0.2) is 14.8 Å². The van der Waals surface area contributed by atoms with Crippen molar-refractivity contribution in [1.82, 2.24) is 9.97 Å². The van der Waals surface area contributed by atoms with Gasteiger partial charge in [0, 0.05) is 5.69 Å². The van der Waals surface area contributed by atoms with E-state index in [9.17, 15) is 4.79 Å². The number of rotatable bonds is 1. The first kappa shape index (κ1) is 8.93. The summed E-state index contributed by atoms with van der Waals surface area (Å²) in [5.41, 5.74) is 0.635. The summed E-state index contributed by atoms with van der Waals surface area (Å²) < 4.78 is 4.42. The van der Waals surface area contributed by atoms with Crippen molar-refractivity contribution in [2.75, 3.05) is 7.11 Å². The molecule has 0 aliphatic heterocycles. The maximum absolute atomic E-state index is 10.9. The number of aromatic nitrogens is 2. The van der Waals surface area contributed by atoms with Crippen molar-refractivity contribution in [2.45, 2.75) is 6.92 Å². The van der Waals surface area contributed by atoms with Crippen LogP contribution in [-0.2, 0) is 4.74 Å². The van der Waals surface area contributed by atoms with E-state index in [1.165, 1.54) is 7.11 Å². The van der Waals surface area contributed by atoms with Gasteiger partial charge in [-0.15, -0.1) is 0 Å². The van der Waals surface area contributed by atoms with Crippen LogP contribution in [0.3, 0.4) is 0 Å². The van der Waals surface area contributed by atoms with Crippen LogP contribution in [0.2, 0.25) is 5.15 Å². The van der Waals surface area contributed by atoms with E-state index in [1.54, 1.807) is 13.0 Å². The van der Waals surface area contributed by atoms with Crippen molar-refractivity contribution in [2.24, 2.45) is 0 Å². The Morgan fingerprint density at radius 1 is 1.58 bits per heavy atom. The highest BCUT2D eigenvalue weighted by molar-refractivity contribution is 6.29. The van der Waals surface area contributed by atoms with Gasteiger partial charge in [-0.3, -0.25) is 0 Å². The Morgan fingerprint density at radius 3 is 2.75 bits per heavy atom. The second kappa shape index (κ2) is 3.49. The molecule has 0 aliphatic rings. The lowest BCUT2D eigenvalue weighted by Crippen LogP contribution is -2.08. The number of hydrogen-bond acceptors (Lipinski definition) is 4. The van der Waals surface area contributed by atoms with Gasteiger partial charge in [0.2, 0.25) is 5.82 Å². The first-order chi connectivity index (χ1) is 5.63. The second-order valence-corrected chi connectivity index (χ2v) is 2.53. The predicted molar refractivity (Wildman–Crippen MR) is 43.1 cm³/mol. The maximum atomic E-state index is 10.9. The molecule has 0 aromatic carbocycles. The van der Waals surface area contributed by atoms with Crippen LogP contribution in [0.15, 0.2) is 6.07 Å². The lowest BCUT2D eigenvalue weighted by Gasteiger charge is -1.98. The molecular formula is C7H7ClN2O2. The summed E-state index contributed by atoms with van der Waals surface area (Å²) in [5.74, 6) is -0.594. The number of carbonyl (C=O) groups is 1. The third-order valence-corrected chi connectivity index (χ3v) is 1.38. The molecule has 0 radical (unpaired) electrons. The number of nitrogens with zero attached hydrogens (tertiary/aromatic N) is 2. The summed E-state index contributed by atoms with van der Waals surface area (Å²) in [6.45, 7) is 1.72.